The van der Waals surface area contributed by atoms with Gasteiger partial charge in [0.05, 0.1) is 4.90 Å². The molecule has 1 heterocycles. The second-order valence-electron chi connectivity index (χ2n) is 8.38. The van der Waals surface area contributed by atoms with Crippen LogP contribution in [0.1, 0.15) is 67.3 Å². The van der Waals surface area contributed by atoms with Gasteiger partial charge in [0, 0.05) is 23.8 Å². The van der Waals surface area contributed by atoms with E-state index in [1.54, 1.807) is 23.1 Å². The second kappa shape index (κ2) is 9.31. The number of nitrogens with one attached hydrogen (secondary N) is 1. The summed E-state index contributed by atoms with van der Waals surface area (Å²) in [4.78, 5) is 15.0. The van der Waals surface area contributed by atoms with Gasteiger partial charge in [0.15, 0.2) is 0 Å². The number of carbonyl (C=O) groups excluding carboxylic acids is 1. The van der Waals surface area contributed by atoms with E-state index in [1.807, 2.05) is 30.3 Å². The molecule has 0 bridgehead atoms. The van der Waals surface area contributed by atoms with Crippen molar-refractivity contribution in [1.29, 1.82) is 0 Å². The molecule has 0 saturated heterocycles. The standard InChI is InChI=1S/C24H30N2O3S/c27-24(19-10-5-4-6-11-19)26-17-9-12-20-18-22(15-16-23(20)26)30(28,29)25-21-13-7-2-1-3-8-14-21/h4-6,10-11,15-16,18,21,25H,1-3,7-9,12-14,17H2. The van der Waals surface area contributed by atoms with E-state index < -0.39 is 10.0 Å². The molecule has 0 atom stereocenters. The minimum Gasteiger partial charge on any atom is -0.308 e. The molecule has 1 amide bonds. The first-order valence-corrected chi connectivity index (χ1v) is 12.5. The maximum Gasteiger partial charge on any atom is 0.258 e. The van der Waals surface area contributed by atoms with Gasteiger partial charge in [-0.05, 0) is 61.6 Å². The highest BCUT2D eigenvalue weighted by Gasteiger charge is 2.26. The Bertz CT molecular complexity index is 981. The van der Waals surface area contributed by atoms with Crippen LogP contribution in [-0.2, 0) is 16.4 Å². The van der Waals surface area contributed by atoms with Crippen molar-refractivity contribution in [2.24, 2.45) is 0 Å². The first kappa shape index (κ1) is 21.1. The quantitative estimate of drug-likeness (QED) is 0.772. The molecule has 1 fully saturated rings. The molecular weight excluding hydrogens is 396 g/mol. The molecule has 2 aromatic carbocycles. The van der Waals surface area contributed by atoms with E-state index in [1.165, 1.54) is 19.3 Å². The molecule has 2 aliphatic rings. The van der Waals surface area contributed by atoms with Gasteiger partial charge in [0.2, 0.25) is 10.0 Å². The van der Waals surface area contributed by atoms with Crippen LogP contribution in [0.3, 0.4) is 0 Å². The maximum absolute atomic E-state index is 13.0. The van der Waals surface area contributed by atoms with Crippen LogP contribution in [0.5, 0.6) is 0 Å². The van der Waals surface area contributed by atoms with Gasteiger partial charge in [-0.25, -0.2) is 13.1 Å². The molecule has 1 aliphatic carbocycles. The van der Waals surface area contributed by atoms with Crippen LogP contribution in [0.2, 0.25) is 0 Å². The Morgan fingerprint density at radius 1 is 0.900 bits per heavy atom. The Kier molecular flexibility index (Phi) is 6.54. The van der Waals surface area contributed by atoms with Crippen molar-refractivity contribution in [3.05, 3.63) is 59.7 Å². The highest BCUT2D eigenvalue weighted by atomic mass is 32.2. The zero-order valence-electron chi connectivity index (χ0n) is 17.3. The third-order valence-corrected chi connectivity index (χ3v) is 7.69. The fourth-order valence-corrected chi connectivity index (χ4v) is 5.90. The number of fused-ring (bicyclic) bond motifs is 1. The summed E-state index contributed by atoms with van der Waals surface area (Å²) < 4.78 is 29.0. The molecule has 1 saturated carbocycles. The molecule has 0 unspecified atom stereocenters. The Hall–Kier alpha value is -2.18. The van der Waals surface area contributed by atoms with Crippen LogP contribution in [0, 0.1) is 0 Å². The maximum atomic E-state index is 13.0. The average molecular weight is 427 g/mol. The Morgan fingerprint density at radius 3 is 2.33 bits per heavy atom. The second-order valence-corrected chi connectivity index (χ2v) is 10.1. The van der Waals surface area contributed by atoms with Crippen LogP contribution < -0.4 is 9.62 Å². The summed E-state index contributed by atoms with van der Waals surface area (Å²) in [6.07, 6.45) is 9.19. The zero-order chi connectivity index (χ0) is 21.0. The lowest BCUT2D eigenvalue weighted by molar-refractivity contribution is 0.0985. The van der Waals surface area contributed by atoms with Gasteiger partial charge in [0.25, 0.3) is 5.91 Å². The van der Waals surface area contributed by atoms with Gasteiger partial charge in [-0.2, -0.15) is 0 Å². The molecule has 0 radical (unpaired) electrons. The van der Waals surface area contributed by atoms with Crippen molar-refractivity contribution in [2.45, 2.75) is 68.7 Å². The normalized spacial score (nSPS) is 18.3. The molecular formula is C24H30N2O3S. The van der Waals surface area contributed by atoms with E-state index in [2.05, 4.69) is 4.72 Å². The predicted molar refractivity (Wildman–Crippen MR) is 119 cm³/mol. The number of hydrogen-bond acceptors (Lipinski definition) is 3. The number of anilines is 1. The summed E-state index contributed by atoms with van der Waals surface area (Å²) >= 11 is 0. The monoisotopic (exact) mass is 426 g/mol. The van der Waals surface area contributed by atoms with Crippen LogP contribution in [0.25, 0.3) is 0 Å². The SMILES string of the molecule is O=C(c1ccccc1)N1CCCc2cc(S(=O)(=O)NC3CCCCCCC3)ccc21. The number of hydrogen-bond donors (Lipinski definition) is 1. The van der Waals surface area contributed by atoms with E-state index in [0.717, 1.165) is 49.8 Å². The largest absolute Gasteiger partial charge is 0.308 e. The topological polar surface area (TPSA) is 66.5 Å². The number of benzene rings is 2. The van der Waals surface area contributed by atoms with Gasteiger partial charge in [-0.15, -0.1) is 0 Å². The smallest absolute Gasteiger partial charge is 0.258 e. The van der Waals surface area contributed by atoms with E-state index in [0.29, 0.717) is 17.0 Å². The minimum atomic E-state index is -3.56. The van der Waals surface area contributed by atoms with Crippen LogP contribution in [0.4, 0.5) is 5.69 Å². The summed E-state index contributed by atoms with van der Waals surface area (Å²) in [6.45, 7) is 0.646. The first-order valence-electron chi connectivity index (χ1n) is 11.1. The average Bonchev–Trinajstić information content (AvgIpc) is 2.75. The molecule has 6 heteroatoms. The van der Waals surface area contributed by atoms with Gasteiger partial charge in [-0.1, -0.05) is 50.3 Å². The van der Waals surface area contributed by atoms with E-state index in [9.17, 15) is 13.2 Å². The van der Waals surface area contributed by atoms with Crippen molar-refractivity contribution in [2.75, 3.05) is 11.4 Å². The molecule has 1 aliphatic heterocycles. The lowest BCUT2D eigenvalue weighted by Gasteiger charge is -2.30. The van der Waals surface area contributed by atoms with Crippen molar-refractivity contribution in [3.63, 3.8) is 0 Å². The van der Waals surface area contributed by atoms with E-state index in [4.69, 9.17) is 0 Å². The minimum absolute atomic E-state index is 0.0162. The van der Waals surface area contributed by atoms with Gasteiger partial charge >= 0.3 is 0 Å². The fraction of sp³-hybridized carbons (Fsp3) is 0.458. The van der Waals surface area contributed by atoms with Gasteiger partial charge < -0.3 is 4.90 Å². The number of aryl methyl sites for hydroxylation is 1. The summed E-state index contributed by atoms with van der Waals surface area (Å²) in [5.74, 6) is -0.0418. The lowest BCUT2D eigenvalue weighted by Crippen LogP contribution is -2.37. The highest BCUT2D eigenvalue weighted by molar-refractivity contribution is 7.89. The van der Waals surface area contributed by atoms with Crippen molar-refractivity contribution < 1.29 is 13.2 Å². The third-order valence-electron chi connectivity index (χ3n) is 6.17. The Labute approximate surface area is 179 Å². The highest BCUT2D eigenvalue weighted by Crippen LogP contribution is 2.31. The molecule has 2 aromatic rings. The summed E-state index contributed by atoms with van der Waals surface area (Å²) in [5.41, 5.74) is 2.39. The molecule has 1 N–H and O–H groups in total. The molecule has 30 heavy (non-hydrogen) atoms. The summed E-state index contributed by atoms with van der Waals surface area (Å²) in [5, 5.41) is 0. The lowest BCUT2D eigenvalue weighted by atomic mass is 9.97. The number of carbonyl (C=O) groups is 1. The van der Waals surface area contributed by atoms with Gasteiger partial charge in [0.1, 0.15) is 0 Å². The van der Waals surface area contributed by atoms with Crippen molar-refractivity contribution in [3.8, 4) is 0 Å². The Morgan fingerprint density at radius 2 is 1.60 bits per heavy atom. The fourth-order valence-electron chi connectivity index (χ4n) is 4.55. The van der Waals surface area contributed by atoms with E-state index >= 15 is 0 Å². The molecule has 160 valence electrons. The summed E-state index contributed by atoms with van der Waals surface area (Å²) in [7, 11) is -3.56. The number of rotatable bonds is 4. The van der Waals surface area contributed by atoms with Crippen molar-refractivity contribution >= 4 is 21.6 Å². The van der Waals surface area contributed by atoms with E-state index in [-0.39, 0.29) is 11.9 Å². The molecule has 5 nitrogen and oxygen atoms in total. The summed E-state index contributed by atoms with van der Waals surface area (Å²) in [6, 6.07) is 14.4. The van der Waals surface area contributed by atoms with Gasteiger partial charge in [-0.3, -0.25) is 4.79 Å². The van der Waals surface area contributed by atoms with Crippen LogP contribution in [-0.4, -0.2) is 26.9 Å². The van der Waals surface area contributed by atoms with Crippen molar-refractivity contribution in [1.82, 2.24) is 4.72 Å². The number of sulfonamides is 1. The molecule has 0 spiro atoms. The number of nitrogens with zero attached hydrogens (tertiary/aromatic N) is 1. The molecule has 4 rings (SSSR count). The van der Waals surface area contributed by atoms with Crippen LogP contribution in [0.15, 0.2) is 53.4 Å². The first-order chi connectivity index (χ1) is 14.5. The third kappa shape index (κ3) is 4.76. The number of amides is 1. The zero-order valence-corrected chi connectivity index (χ0v) is 18.2. The predicted octanol–water partition coefficient (Wildman–Crippen LogP) is 4.67. The molecule has 0 aromatic heterocycles. The van der Waals surface area contributed by atoms with Crippen LogP contribution >= 0.6 is 0 Å². The Balaban J connectivity index is 1.55.